The third-order valence-electron chi connectivity index (χ3n) is 3.53. The zero-order valence-corrected chi connectivity index (χ0v) is 11.7. The first-order valence-electron chi connectivity index (χ1n) is 6.89. The van der Waals surface area contributed by atoms with E-state index in [-0.39, 0.29) is 0 Å². The molecule has 112 valence electrons. The van der Waals surface area contributed by atoms with Gasteiger partial charge < -0.3 is 10.1 Å². The van der Waals surface area contributed by atoms with Gasteiger partial charge in [0.15, 0.2) is 6.10 Å². The van der Waals surface area contributed by atoms with Crippen molar-refractivity contribution in [3.8, 4) is 0 Å². The van der Waals surface area contributed by atoms with Crippen LogP contribution in [0.15, 0.2) is 24.3 Å². The average molecular weight is 287 g/mol. The highest BCUT2D eigenvalue weighted by molar-refractivity contribution is 5.28. The summed E-state index contributed by atoms with van der Waals surface area (Å²) in [6.07, 6.45) is -4.49. The van der Waals surface area contributed by atoms with Crippen LogP contribution in [0.2, 0.25) is 0 Å². The van der Waals surface area contributed by atoms with Crippen LogP contribution in [-0.2, 0) is 4.74 Å². The molecule has 0 saturated heterocycles. The van der Waals surface area contributed by atoms with E-state index in [1.807, 2.05) is 31.2 Å². The van der Waals surface area contributed by atoms with Crippen molar-refractivity contribution in [2.45, 2.75) is 51.1 Å². The Balaban J connectivity index is 2.09. The van der Waals surface area contributed by atoms with E-state index >= 15 is 0 Å². The Morgan fingerprint density at radius 2 is 1.95 bits per heavy atom. The summed E-state index contributed by atoms with van der Waals surface area (Å²) in [5.41, 5.74) is 1.77. The second-order valence-electron chi connectivity index (χ2n) is 5.35. The van der Waals surface area contributed by atoms with Gasteiger partial charge in [-0.25, -0.2) is 0 Å². The Labute approximate surface area is 117 Å². The molecule has 0 spiro atoms. The van der Waals surface area contributed by atoms with E-state index in [0.29, 0.717) is 12.6 Å². The van der Waals surface area contributed by atoms with Gasteiger partial charge in [-0.3, -0.25) is 0 Å². The lowest BCUT2D eigenvalue weighted by atomic mass is 10.0. The van der Waals surface area contributed by atoms with Gasteiger partial charge in [-0.15, -0.1) is 0 Å². The van der Waals surface area contributed by atoms with Crippen LogP contribution in [0.3, 0.4) is 0 Å². The van der Waals surface area contributed by atoms with Crippen LogP contribution in [-0.4, -0.2) is 24.9 Å². The summed E-state index contributed by atoms with van der Waals surface area (Å²) >= 11 is 0. The van der Waals surface area contributed by atoms with Crippen LogP contribution in [0, 0.1) is 6.92 Å². The van der Waals surface area contributed by atoms with Gasteiger partial charge in [0.1, 0.15) is 0 Å². The lowest BCUT2D eigenvalue weighted by molar-refractivity contribution is -0.227. The SMILES string of the molecule is Cc1ccccc1C(CNC1CC1)OC(C)C(F)(F)F. The van der Waals surface area contributed by atoms with Crippen LogP contribution < -0.4 is 5.32 Å². The zero-order chi connectivity index (χ0) is 14.8. The molecule has 0 aromatic heterocycles. The fraction of sp³-hybridized carbons (Fsp3) is 0.600. The van der Waals surface area contributed by atoms with E-state index < -0.39 is 18.4 Å². The molecule has 2 rings (SSSR count). The van der Waals surface area contributed by atoms with E-state index in [9.17, 15) is 13.2 Å². The monoisotopic (exact) mass is 287 g/mol. The quantitative estimate of drug-likeness (QED) is 0.860. The summed E-state index contributed by atoms with van der Waals surface area (Å²) < 4.78 is 43.3. The first-order chi connectivity index (χ1) is 9.38. The third-order valence-corrected chi connectivity index (χ3v) is 3.53. The topological polar surface area (TPSA) is 21.3 Å². The molecule has 2 unspecified atom stereocenters. The first-order valence-corrected chi connectivity index (χ1v) is 6.89. The molecule has 1 N–H and O–H groups in total. The van der Waals surface area contributed by atoms with Gasteiger partial charge in [0, 0.05) is 12.6 Å². The number of benzene rings is 1. The molecule has 1 saturated carbocycles. The number of nitrogens with one attached hydrogen (secondary N) is 1. The predicted molar refractivity (Wildman–Crippen MR) is 71.5 cm³/mol. The first kappa shape index (κ1) is 15.3. The second kappa shape index (κ2) is 6.14. The van der Waals surface area contributed by atoms with Crippen molar-refractivity contribution in [1.82, 2.24) is 5.32 Å². The fourth-order valence-electron chi connectivity index (χ4n) is 2.06. The number of hydrogen-bond acceptors (Lipinski definition) is 2. The summed E-state index contributed by atoms with van der Waals surface area (Å²) in [6, 6.07) is 7.86. The number of hydrogen-bond donors (Lipinski definition) is 1. The largest absolute Gasteiger partial charge is 0.414 e. The maximum absolute atomic E-state index is 12.7. The molecule has 1 aromatic carbocycles. The average Bonchev–Trinajstić information content (AvgIpc) is 3.18. The van der Waals surface area contributed by atoms with Gasteiger partial charge in [0.25, 0.3) is 0 Å². The van der Waals surface area contributed by atoms with Crippen LogP contribution >= 0.6 is 0 Å². The van der Waals surface area contributed by atoms with E-state index in [0.717, 1.165) is 30.9 Å². The molecule has 1 aliphatic carbocycles. The van der Waals surface area contributed by atoms with Crippen molar-refractivity contribution in [3.05, 3.63) is 35.4 Å². The molecule has 0 aliphatic heterocycles. The normalized spacial score (nSPS) is 18.9. The van der Waals surface area contributed by atoms with Gasteiger partial charge in [-0.1, -0.05) is 24.3 Å². The van der Waals surface area contributed by atoms with Crippen molar-refractivity contribution in [3.63, 3.8) is 0 Å². The lowest BCUT2D eigenvalue weighted by Gasteiger charge is -2.26. The highest BCUT2D eigenvalue weighted by Crippen LogP contribution is 2.30. The Hall–Kier alpha value is -1.07. The standard InChI is InChI=1S/C15H20F3NO/c1-10-5-3-4-6-13(10)14(9-19-12-7-8-12)20-11(2)15(16,17)18/h3-6,11-12,14,19H,7-9H2,1-2H3. The van der Waals surface area contributed by atoms with Crippen LogP contribution in [0.4, 0.5) is 13.2 Å². The van der Waals surface area contributed by atoms with Crippen molar-refractivity contribution in [1.29, 1.82) is 0 Å². The Kier molecular flexibility index (Phi) is 4.70. The molecule has 0 radical (unpaired) electrons. The van der Waals surface area contributed by atoms with Crippen molar-refractivity contribution < 1.29 is 17.9 Å². The van der Waals surface area contributed by atoms with Crippen LogP contribution in [0.1, 0.15) is 37.0 Å². The summed E-state index contributed by atoms with van der Waals surface area (Å²) in [5, 5.41) is 3.25. The molecule has 0 bridgehead atoms. The highest BCUT2D eigenvalue weighted by atomic mass is 19.4. The summed E-state index contributed by atoms with van der Waals surface area (Å²) in [4.78, 5) is 0. The van der Waals surface area contributed by atoms with Crippen molar-refractivity contribution in [2.75, 3.05) is 6.54 Å². The fourth-order valence-corrected chi connectivity index (χ4v) is 2.06. The zero-order valence-electron chi connectivity index (χ0n) is 11.7. The molecule has 20 heavy (non-hydrogen) atoms. The summed E-state index contributed by atoms with van der Waals surface area (Å²) in [6.45, 7) is 3.36. The van der Waals surface area contributed by atoms with Gasteiger partial charge in [0.2, 0.25) is 0 Å². The third kappa shape index (κ3) is 4.21. The molecule has 5 heteroatoms. The van der Waals surface area contributed by atoms with Crippen molar-refractivity contribution >= 4 is 0 Å². The molecule has 2 nitrogen and oxygen atoms in total. The van der Waals surface area contributed by atoms with Gasteiger partial charge in [-0.2, -0.15) is 13.2 Å². The van der Waals surface area contributed by atoms with Gasteiger partial charge >= 0.3 is 6.18 Å². The summed E-state index contributed by atoms with van der Waals surface area (Å²) in [5.74, 6) is 0. The molecular formula is C15H20F3NO. The van der Waals surface area contributed by atoms with E-state index in [2.05, 4.69) is 5.32 Å². The molecule has 2 atom stereocenters. The Morgan fingerprint density at radius 3 is 2.50 bits per heavy atom. The maximum Gasteiger partial charge on any atom is 0.414 e. The van der Waals surface area contributed by atoms with Crippen molar-refractivity contribution in [2.24, 2.45) is 0 Å². The predicted octanol–water partition coefficient (Wildman–Crippen LogP) is 3.76. The second-order valence-corrected chi connectivity index (χ2v) is 5.35. The molecule has 1 fully saturated rings. The smallest absolute Gasteiger partial charge is 0.360 e. The molecular weight excluding hydrogens is 267 g/mol. The minimum Gasteiger partial charge on any atom is -0.360 e. The Morgan fingerprint density at radius 1 is 1.30 bits per heavy atom. The molecule has 0 heterocycles. The minimum absolute atomic E-state index is 0.413. The molecule has 1 aliphatic rings. The summed E-state index contributed by atoms with van der Waals surface area (Å²) in [7, 11) is 0. The number of halogens is 3. The maximum atomic E-state index is 12.7. The van der Waals surface area contributed by atoms with Crippen LogP contribution in [0.5, 0.6) is 0 Å². The number of rotatable bonds is 6. The lowest BCUT2D eigenvalue weighted by Crippen LogP contribution is -2.34. The van der Waals surface area contributed by atoms with E-state index in [4.69, 9.17) is 4.74 Å². The van der Waals surface area contributed by atoms with Crippen LogP contribution in [0.25, 0.3) is 0 Å². The highest BCUT2D eigenvalue weighted by Gasteiger charge is 2.39. The number of aryl methyl sites for hydroxylation is 1. The van der Waals surface area contributed by atoms with Gasteiger partial charge in [-0.05, 0) is 37.8 Å². The number of alkyl halides is 3. The Bertz CT molecular complexity index is 443. The number of ether oxygens (including phenoxy) is 1. The van der Waals surface area contributed by atoms with E-state index in [1.54, 1.807) is 0 Å². The molecule has 1 aromatic rings. The van der Waals surface area contributed by atoms with Gasteiger partial charge in [0.05, 0.1) is 6.10 Å². The molecule has 0 amide bonds. The van der Waals surface area contributed by atoms with E-state index in [1.165, 1.54) is 0 Å². The minimum atomic E-state index is -4.33.